The molecule has 1 aromatic rings. The summed E-state index contributed by atoms with van der Waals surface area (Å²) in [4.78, 5) is 22.9. The van der Waals surface area contributed by atoms with Crippen molar-refractivity contribution in [3.63, 3.8) is 0 Å². The van der Waals surface area contributed by atoms with Crippen LogP contribution in [0.25, 0.3) is 0 Å². The molecule has 0 fully saturated rings. The number of methoxy groups -OCH3 is 1. The van der Waals surface area contributed by atoms with E-state index in [-0.39, 0.29) is 30.8 Å². The van der Waals surface area contributed by atoms with Crippen molar-refractivity contribution in [2.75, 3.05) is 24.3 Å². The molecule has 0 aliphatic carbocycles. The normalized spacial score (nSPS) is 11.2. The van der Waals surface area contributed by atoms with Gasteiger partial charge < -0.3 is 21.1 Å². The van der Waals surface area contributed by atoms with Gasteiger partial charge in [-0.3, -0.25) is 9.59 Å². The lowest BCUT2D eigenvalue weighted by Crippen LogP contribution is -2.36. The highest BCUT2D eigenvalue weighted by atomic mass is 35.5. The Morgan fingerprint density at radius 2 is 2.00 bits per heavy atom. The van der Waals surface area contributed by atoms with Crippen LogP contribution >= 0.6 is 12.4 Å². The van der Waals surface area contributed by atoms with Gasteiger partial charge in [0.05, 0.1) is 0 Å². The molecule has 0 saturated carbocycles. The number of ether oxygens (including phenoxy) is 1. The van der Waals surface area contributed by atoms with Gasteiger partial charge in [0.25, 0.3) is 5.91 Å². The third-order valence-electron chi connectivity index (χ3n) is 2.61. The Balaban J connectivity index is 0.00000361. The van der Waals surface area contributed by atoms with Gasteiger partial charge in [-0.1, -0.05) is 6.07 Å². The van der Waals surface area contributed by atoms with Crippen LogP contribution in [0, 0.1) is 6.92 Å². The van der Waals surface area contributed by atoms with Gasteiger partial charge in [-0.15, -0.1) is 12.4 Å². The lowest BCUT2D eigenvalue weighted by Gasteiger charge is -2.15. The average Bonchev–Trinajstić information content (AvgIpc) is 2.34. The van der Waals surface area contributed by atoms with Crippen molar-refractivity contribution in [2.45, 2.75) is 20.0 Å². The Bertz CT molecular complexity index is 476. The summed E-state index contributed by atoms with van der Waals surface area (Å²) in [5.41, 5.74) is 7.55. The molecule has 0 radical (unpaired) electrons. The van der Waals surface area contributed by atoms with Gasteiger partial charge in [0.2, 0.25) is 5.91 Å². The molecule has 4 N–H and O–H groups in total. The number of aryl methyl sites for hydroxylation is 1. The number of amides is 2. The van der Waals surface area contributed by atoms with Gasteiger partial charge in [0, 0.05) is 32.0 Å². The second kappa shape index (κ2) is 8.52. The number of carbonyl (C=O) groups excluding carboxylic acids is 2. The maximum absolute atomic E-state index is 11.9. The molecule has 0 heterocycles. The zero-order valence-corrected chi connectivity index (χ0v) is 12.5. The minimum atomic E-state index is -0.691. The van der Waals surface area contributed by atoms with Crippen molar-refractivity contribution in [3.05, 3.63) is 23.8 Å². The van der Waals surface area contributed by atoms with Crippen molar-refractivity contribution in [2.24, 2.45) is 5.73 Å². The van der Waals surface area contributed by atoms with E-state index in [1.807, 2.05) is 13.0 Å². The van der Waals surface area contributed by atoms with Gasteiger partial charge in [-0.25, -0.2) is 0 Å². The molecule has 1 aromatic carbocycles. The van der Waals surface area contributed by atoms with E-state index in [1.54, 1.807) is 12.1 Å². The largest absolute Gasteiger partial charge is 0.370 e. The maximum Gasteiger partial charge on any atom is 0.254 e. The fourth-order valence-corrected chi connectivity index (χ4v) is 1.56. The zero-order valence-electron chi connectivity index (χ0n) is 11.7. The molecule has 1 unspecified atom stereocenters. The molecule has 0 aromatic heterocycles. The van der Waals surface area contributed by atoms with E-state index >= 15 is 0 Å². The number of anilines is 2. The predicted octanol–water partition coefficient (Wildman–Crippen LogP) is 1.29. The molecular weight excluding hydrogens is 282 g/mol. The van der Waals surface area contributed by atoms with Gasteiger partial charge in [0.15, 0.2) is 0 Å². The number of halogens is 1. The maximum atomic E-state index is 11.9. The van der Waals surface area contributed by atoms with E-state index in [9.17, 15) is 9.59 Å². The van der Waals surface area contributed by atoms with Crippen molar-refractivity contribution >= 4 is 35.6 Å². The van der Waals surface area contributed by atoms with Gasteiger partial charge in [-0.05, 0) is 24.6 Å². The molecule has 7 heteroatoms. The first-order valence-electron chi connectivity index (χ1n) is 5.90. The summed E-state index contributed by atoms with van der Waals surface area (Å²) >= 11 is 0. The SMILES string of the molecule is COC(CN)C(=O)Nc1cc(NC(C)=O)ccc1C.Cl. The van der Waals surface area contributed by atoms with Gasteiger partial charge in [-0.2, -0.15) is 0 Å². The van der Waals surface area contributed by atoms with Crippen LogP contribution in [0.5, 0.6) is 0 Å². The monoisotopic (exact) mass is 301 g/mol. The minimum absolute atomic E-state index is 0. The summed E-state index contributed by atoms with van der Waals surface area (Å²) in [6, 6.07) is 5.27. The Labute approximate surface area is 124 Å². The number of rotatable bonds is 5. The highest BCUT2D eigenvalue weighted by Crippen LogP contribution is 2.20. The summed E-state index contributed by atoms with van der Waals surface area (Å²) in [7, 11) is 1.43. The number of nitrogens with two attached hydrogens (primary N) is 1. The molecule has 1 rings (SSSR count). The Morgan fingerprint density at radius 1 is 1.35 bits per heavy atom. The van der Waals surface area contributed by atoms with Crippen LogP contribution in [0.1, 0.15) is 12.5 Å². The Kier molecular flexibility index (Phi) is 7.83. The zero-order chi connectivity index (χ0) is 14.4. The molecule has 0 aliphatic heterocycles. The summed E-state index contributed by atoms with van der Waals surface area (Å²) < 4.78 is 4.96. The molecule has 20 heavy (non-hydrogen) atoms. The van der Waals surface area contributed by atoms with E-state index in [0.29, 0.717) is 11.4 Å². The van der Waals surface area contributed by atoms with Gasteiger partial charge in [0.1, 0.15) is 6.10 Å². The van der Waals surface area contributed by atoms with Crippen molar-refractivity contribution in [1.82, 2.24) is 0 Å². The lowest BCUT2D eigenvalue weighted by molar-refractivity contribution is -0.125. The van der Waals surface area contributed by atoms with Gasteiger partial charge >= 0.3 is 0 Å². The van der Waals surface area contributed by atoms with E-state index in [2.05, 4.69) is 10.6 Å². The molecule has 6 nitrogen and oxygen atoms in total. The van der Waals surface area contributed by atoms with Crippen LogP contribution in [-0.4, -0.2) is 31.6 Å². The number of benzene rings is 1. The molecule has 0 bridgehead atoms. The molecule has 0 saturated heterocycles. The number of hydrogen-bond acceptors (Lipinski definition) is 4. The number of carbonyl (C=O) groups is 2. The second-order valence-electron chi connectivity index (χ2n) is 4.16. The topological polar surface area (TPSA) is 93.4 Å². The van der Waals surface area contributed by atoms with E-state index in [1.165, 1.54) is 14.0 Å². The molecular formula is C13H20ClN3O3. The Morgan fingerprint density at radius 3 is 2.50 bits per heavy atom. The fraction of sp³-hybridized carbons (Fsp3) is 0.385. The van der Waals surface area contributed by atoms with Crippen molar-refractivity contribution in [3.8, 4) is 0 Å². The van der Waals surface area contributed by atoms with E-state index < -0.39 is 6.10 Å². The fourth-order valence-electron chi connectivity index (χ4n) is 1.56. The highest BCUT2D eigenvalue weighted by Gasteiger charge is 2.16. The molecule has 0 spiro atoms. The first-order valence-corrected chi connectivity index (χ1v) is 5.90. The predicted molar refractivity (Wildman–Crippen MR) is 81.2 cm³/mol. The lowest BCUT2D eigenvalue weighted by atomic mass is 10.1. The second-order valence-corrected chi connectivity index (χ2v) is 4.16. The third kappa shape index (κ3) is 5.16. The van der Waals surface area contributed by atoms with Crippen LogP contribution in [0.2, 0.25) is 0 Å². The molecule has 0 aliphatic rings. The first-order chi connectivity index (χ1) is 8.97. The van der Waals surface area contributed by atoms with Crippen LogP contribution < -0.4 is 16.4 Å². The number of nitrogens with one attached hydrogen (secondary N) is 2. The number of hydrogen-bond donors (Lipinski definition) is 3. The third-order valence-corrected chi connectivity index (χ3v) is 2.61. The van der Waals surface area contributed by atoms with Crippen LogP contribution in [-0.2, 0) is 14.3 Å². The summed E-state index contributed by atoms with van der Waals surface area (Å²) in [5, 5.41) is 5.39. The van der Waals surface area contributed by atoms with Crippen LogP contribution in [0.15, 0.2) is 18.2 Å². The summed E-state index contributed by atoms with van der Waals surface area (Å²) in [6.45, 7) is 3.39. The van der Waals surface area contributed by atoms with E-state index in [4.69, 9.17) is 10.5 Å². The van der Waals surface area contributed by atoms with Crippen molar-refractivity contribution < 1.29 is 14.3 Å². The van der Waals surface area contributed by atoms with Crippen LogP contribution in [0.3, 0.4) is 0 Å². The average molecular weight is 302 g/mol. The first kappa shape index (κ1) is 18.4. The minimum Gasteiger partial charge on any atom is -0.370 e. The Hall–Kier alpha value is -1.63. The summed E-state index contributed by atoms with van der Waals surface area (Å²) in [6.07, 6.45) is -0.691. The van der Waals surface area contributed by atoms with Crippen LogP contribution in [0.4, 0.5) is 11.4 Å². The molecule has 1 atom stereocenters. The standard InChI is InChI=1S/C13H19N3O3.ClH/c1-8-4-5-10(15-9(2)17)6-11(8)16-13(18)12(7-14)19-3;/h4-6,12H,7,14H2,1-3H3,(H,15,17)(H,16,18);1H. The smallest absolute Gasteiger partial charge is 0.254 e. The molecule has 2 amide bonds. The quantitative estimate of drug-likeness (QED) is 0.764. The highest BCUT2D eigenvalue weighted by molar-refractivity contribution is 5.96. The van der Waals surface area contributed by atoms with E-state index in [0.717, 1.165) is 5.56 Å². The van der Waals surface area contributed by atoms with Crippen molar-refractivity contribution in [1.29, 1.82) is 0 Å². The summed E-state index contributed by atoms with van der Waals surface area (Å²) in [5.74, 6) is -0.481. The molecule has 112 valence electrons.